The second kappa shape index (κ2) is 4.83. The fourth-order valence-electron chi connectivity index (χ4n) is 1.90. The van der Waals surface area contributed by atoms with Crippen molar-refractivity contribution in [2.45, 2.75) is 32.4 Å². The second-order valence-corrected chi connectivity index (χ2v) is 4.41. The summed E-state index contributed by atoms with van der Waals surface area (Å²) in [6.07, 6.45) is 1.38. The SMILES string of the molecule is CCC(C)N1CC(Oc2cccc(F)c2)C1. The van der Waals surface area contributed by atoms with Gasteiger partial charge in [-0.05, 0) is 25.5 Å². The van der Waals surface area contributed by atoms with Crippen molar-refractivity contribution >= 4 is 0 Å². The van der Waals surface area contributed by atoms with E-state index in [-0.39, 0.29) is 11.9 Å². The van der Waals surface area contributed by atoms with Gasteiger partial charge in [-0.2, -0.15) is 0 Å². The van der Waals surface area contributed by atoms with Crippen molar-refractivity contribution < 1.29 is 9.13 Å². The van der Waals surface area contributed by atoms with Crippen molar-refractivity contribution in [2.24, 2.45) is 0 Å². The van der Waals surface area contributed by atoms with Crippen LogP contribution in [0.15, 0.2) is 24.3 Å². The van der Waals surface area contributed by atoms with Crippen LogP contribution in [0, 0.1) is 5.82 Å². The molecule has 0 N–H and O–H groups in total. The van der Waals surface area contributed by atoms with Crippen LogP contribution < -0.4 is 4.74 Å². The molecule has 2 nitrogen and oxygen atoms in total. The molecule has 88 valence electrons. The molecular formula is C13H18FNO. The van der Waals surface area contributed by atoms with Gasteiger partial charge < -0.3 is 4.74 Å². The van der Waals surface area contributed by atoms with E-state index in [1.54, 1.807) is 12.1 Å². The number of nitrogens with zero attached hydrogens (tertiary/aromatic N) is 1. The van der Waals surface area contributed by atoms with Crippen molar-refractivity contribution in [3.63, 3.8) is 0 Å². The first-order chi connectivity index (χ1) is 7.69. The van der Waals surface area contributed by atoms with Crippen LogP contribution in [-0.4, -0.2) is 30.1 Å². The lowest BCUT2D eigenvalue weighted by Crippen LogP contribution is -2.56. The van der Waals surface area contributed by atoms with Gasteiger partial charge in [0.2, 0.25) is 0 Å². The molecule has 1 aliphatic heterocycles. The van der Waals surface area contributed by atoms with Crippen LogP contribution in [0.3, 0.4) is 0 Å². The predicted molar refractivity (Wildman–Crippen MR) is 62.1 cm³/mol. The molecule has 1 aliphatic rings. The molecule has 0 spiro atoms. The zero-order valence-electron chi connectivity index (χ0n) is 9.82. The van der Waals surface area contributed by atoms with E-state index in [0.29, 0.717) is 11.8 Å². The molecule has 0 radical (unpaired) electrons. The summed E-state index contributed by atoms with van der Waals surface area (Å²) < 4.78 is 18.6. The first-order valence-corrected chi connectivity index (χ1v) is 5.85. The van der Waals surface area contributed by atoms with Gasteiger partial charge >= 0.3 is 0 Å². The van der Waals surface area contributed by atoms with E-state index >= 15 is 0 Å². The van der Waals surface area contributed by atoms with Gasteiger partial charge in [-0.15, -0.1) is 0 Å². The molecule has 0 aromatic heterocycles. The average molecular weight is 223 g/mol. The molecule has 1 fully saturated rings. The number of hydrogen-bond acceptors (Lipinski definition) is 2. The number of ether oxygens (including phenoxy) is 1. The molecule has 1 atom stereocenters. The Hall–Kier alpha value is -1.09. The van der Waals surface area contributed by atoms with Crippen LogP contribution in [0.2, 0.25) is 0 Å². The third-order valence-electron chi connectivity index (χ3n) is 3.19. The van der Waals surface area contributed by atoms with Crippen molar-refractivity contribution in [3.05, 3.63) is 30.1 Å². The van der Waals surface area contributed by atoms with Crippen LogP contribution in [0.1, 0.15) is 20.3 Å². The standard InChI is InChI=1S/C13H18FNO/c1-3-10(2)15-8-13(9-15)16-12-6-4-5-11(14)7-12/h4-7,10,13H,3,8-9H2,1-2H3. The Morgan fingerprint density at radius 1 is 1.50 bits per heavy atom. The molecule has 0 saturated carbocycles. The second-order valence-electron chi connectivity index (χ2n) is 4.41. The quantitative estimate of drug-likeness (QED) is 0.778. The molecule has 1 saturated heterocycles. The fraction of sp³-hybridized carbons (Fsp3) is 0.538. The van der Waals surface area contributed by atoms with Crippen LogP contribution >= 0.6 is 0 Å². The van der Waals surface area contributed by atoms with Crippen LogP contribution in [0.25, 0.3) is 0 Å². The minimum atomic E-state index is -0.240. The monoisotopic (exact) mass is 223 g/mol. The van der Waals surface area contributed by atoms with E-state index in [0.717, 1.165) is 19.5 Å². The van der Waals surface area contributed by atoms with Gasteiger partial charge in [0.05, 0.1) is 0 Å². The lowest BCUT2D eigenvalue weighted by Gasteiger charge is -2.42. The summed E-state index contributed by atoms with van der Waals surface area (Å²) in [5.41, 5.74) is 0. The van der Waals surface area contributed by atoms with Crippen molar-refractivity contribution in [3.8, 4) is 5.75 Å². The molecule has 3 heteroatoms. The maximum atomic E-state index is 12.9. The third kappa shape index (κ3) is 2.53. The van der Waals surface area contributed by atoms with Crippen molar-refractivity contribution in [2.75, 3.05) is 13.1 Å². The van der Waals surface area contributed by atoms with Gasteiger partial charge in [-0.1, -0.05) is 13.0 Å². The maximum absolute atomic E-state index is 12.9. The molecule has 0 aliphatic carbocycles. The Kier molecular flexibility index (Phi) is 3.44. The lowest BCUT2D eigenvalue weighted by molar-refractivity contribution is -0.00544. The topological polar surface area (TPSA) is 12.5 Å². The van der Waals surface area contributed by atoms with E-state index in [4.69, 9.17) is 4.74 Å². The summed E-state index contributed by atoms with van der Waals surface area (Å²) in [5, 5.41) is 0. The highest BCUT2D eigenvalue weighted by atomic mass is 19.1. The molecule has 1 heterocycles. The Balaban J connectivity index is 1.81. The van der Waals surface area contributed by atoms with E-state index in [1.807, 2.05) is 0 Å². The first-order valence-electron chi connectivity index (χ1n) is 5.85. The minimum absolute atomic E-state index is 0.218. The van der Waals surface area contributed by atoms with Gasteiger partial charge in [0, 0.05) is 25.2 Å². The van der Waals surface area contributed by atoms with E-state index in [2.05, 4.69) is 18.7 Å². The number of halogens is 1. The predicted octanol–water partition coefficient (Wildman–Crippen LogP) is 2.69. The molecule has 1 aromatic carbocycles. The van der Waals surface area contributed by atoms with Crippen molar-refractivity contribution in [1.29, 1.82) is 0 Å². The van der Waals surface area contributed by atoms with Gasteiger partial charge in [0.25, 0.3) is 0 Å². The minimum Gasteiger partial charge on any atom is -0.488 e. The number of likely N-dealkylation sites (tertiary alicyclic amines) is 1. The van der Waals surface area contributed by atoms with Crippen molar-refractivity contribution in [1.82, 2.24) is 4.90 Å². The molecule has 1 unspecified atom stereocenters. The average Bonchev–Trinajstić information content (AvgIpc) is 2.22. The highest BCUT2D eigenvalue weighted by molar-refractivity contribution is 5.23. The van der Waals surface area contributed by atoms with E-state index in [9.17, 15) is 4.39 Å². The normalized spacial score (nSPS) is 19.2. The van der Waals surface area contributed by atoms with Crippen LogP contribution in [0.4, 0.5) is 4.39 Å². The smallest absolute Gasteiger partial charge is 0.126 e. The van der Waals surface area contributed by atoms with Gasteiger partial charge in [0.15, 0.2) is 0 Å². The zero-order valence-corrected chi connectivity index (χ0v) is 9.82. The van der Waals surface area contributed by atoms with E-state index < -0.39 is 0 Å². The summed E-state index contributed by atoms with van der Waals surface area (Å²) in [4.78, 5) is 2.38. The molecule has 2 rings (SSSR count). The molecule has 1 aromatic rings. The highest BCUT2D eigenvalue weighted by Crippen LogP contribution is 2.21. The molecular weight excluding hydrogens is 205 g/mol. The summed E-state index contributed by atoms with van der Waals surface area (Å²) >= 11 is 0. The Morgan fingerprint density at radius 3 is 2.88 bits per heavy atom. The van der Waals surface area contributed by atoms with Crippen LogP contribution in [0.5, 0.6) is 5.75 Å². The zero-order chi connectivity index (χ0) is 11.5. The number of rotatable bonds is 4. The van der Waals surface area contributed by atoms with Gasteiger partial charge in [-0.25, -0.2) is 4.39 Å². The largest absolute Gasteiger partial charge is 0.488 e. The summed E-state index contributed by atoms with van der Waals surface area (Å²) in [6, 6.07) is 6.96. The summed E-state index contributed by atoms with van der Waals surface area (Å²) in [6.45, 7) is 6.31. The highest BCUT2D eigenvalue weighted by Gasteiger charge is 2.30. The number of benzene rings is 1. The Morgan fingerprint density at radius 2 is 2.25 bits per heavy atom. The lowest BCUT2D eigenvalue weighted by atomic mass is 10.1. The summed E-state index contributed by atoms with van der Waals surface area (Å²) in [7, 11) is 0. The van der Waals surface area contributed by atoms with Gasteiger partial charge in [-0.3, -0.25) is 4.90 Å². The molecule has 0 bridgehead atoms. The molecule has 0 amide bonds. The third-order valence-corrected chi connectivity index (χ3v) is 3.19. The summed E-state index contributed by atoms with van der Waals surface area (Å²) in [5.74, 6) is 0.393. The van der Waals surface area contributed by atoms with E-state index in [1.165, 1.54) is 12.1 Å². The Bertz CT molecular complexity index is 350. The number of hydrogen-bond donors (Lipinski definition) is 0. The Labute approximate surface area is 96.0 Å². The van der Waals surface area contributed by atoms with Gasteiger partial charge in [0.1, 0.15) is 17.7 Å². The first kappa shape index (κ1) is 11.4. The fourth-order valence-corrected chi connectivity index (χ4v) is 1.90. The molecule has 16 heavy (non-hydrogen) atoms. The maximum Gasteiger partial charge on any atom is 0.126 e. The van der Waals surface area contributed by atoms with Crippen LogP contribution in [-0.2, 0) is 0 Å².